The van der Waals surface area contributed by atoms with E-state index in [2.05, 4.69) is 28.8 Å². The van der Waals surface area contributed by atoms with Crippen molar-refractivity contribution in [2.45, 2.75) is 44.4 Å². The zero-order valence-corrected chi connectivity index (χ0v) is 10.0. The second kappa shape index (κ2) is 5.10. The molecule has 1 aromatic rings. The maximum absolute atomic E-state index is 9.45. The molecule has 3 heteroatoms. The van der Waals surface area contributed by atoms with Crippen molar-refractivity contribution >= 4 is 11.3 Å². The van der Waals surface area contributed by atoms with E-state index in [9.17, 15) is 5.11 Å². The summed E-state index contributed by atoms with van der Waals surface area (Å²) in [5, 5.41) is 13.8. The van der Waals surface area contributed by atoms with Gasteiger partial charge in [-0.2, -0.15) is 11.3 Å². The van der Waals surface area contributed by atoms with Crippen molar-refractivity contribution in [1.82, 2.24) is 4.90 Å². The Balaban J connectivity index is 1.83. The molecule has 84 valence electrons. The van der Waals surface area contributed by atoms with Crippen molar-refractivity contribution in [3.8, 4) is 0 Å². The first kappa shape index (κ1) is 11.1. The van der Waals surface area contributed by atoms with Crippen LogP contribution < -0.4 is 0 Å². The molecular weight excluding hydrogens is 206 g/mol. The van der Waals surface area contributed by atoms with E-state index in [0.29, 0.717) is 6.04 Å². The Hall–Kier alpha value is -0.380. The first-order chi connectivity index (χ1) is 7.25. The van der Waals surface area contributed by atoms with Crippen molar-refractivity contribution in [3.63, 3.8) is 0 Å². The lowest BCUT2D eigenvalue weighted by Gasteiger charge is -2.32. The summed E-state index contributed by atoms with van der Waals surface area (Å²) in [5.74, 6) is 0. The third-order valence-electron chi connectivity index (χ3n) is 3.30. The van der Waals surface area contributed by atoms with E-state index in [1.165, 1.54) is 5.56 Å². The summed E-state index contributed by atoms with van der Waals surface area (Å²) in [7, 11) is 2.19. The molecule has 2 rings (SSSR count). The van der Waals surface area contributed by atoms with Gasteiger partial charge in [-0.15, -0.1) is 0 Å². The number of nitrogens with zero attached hydrogens (tertiary/aromatic N) is 1. The highest BCUT2D eigenvalue weighted by Crippen LogP contribution is 2.23. The first-order valence-electron chi connectivity index (χ1n) is 5.65. The van der Waals surface area contributed by atoms with Crippen LogP contribution >= 0.6 is 11.3 Å². The molecule has 1 heterocycles. The fourth-order valence-electron chi connectivity index (χ4n) is 2.30. The van der Waals surface area contributed by atoms with E-state index >= 15 is 0 Å². The molecule has 1 fully saturated rings. The summed E-state index contributed by atoms with van der Waals surface area (Å²) in [6.45, 7) is 1.05. The largest absolute Gasteiger partial charge is 0.393 e. The number of aliphatic hydroxyl groups is 1. The summed E-state index contributed by atoms with van der Waals surface area (Å²) in [5.41, 5.74) is 1.41. The van der Waals surface area contributed by atoms with Crippen LogP contribution in [0.1, 0.15) is 31.2 Å². The molecule has 0 aliphatic heterocycles. The topological polar surface area (TPSA) is 23.5 Å². The SMILES string of the molecule is CN(Cc1ccsc1)C1CCC(O)CC1. The van der Waals surface area contributed by atoms with Gasteiger partial charge in [0.2, 0.25) is 0 Å². The highest BCUT2D eigenvalue weighted by molar-refractivity contribution is 7.07. The lowest BCUT2D eigenvalue weighted by Crippen LogP contribution is -2.35. The van der Waals surface area contributed by atoms with Crippen molar-refractivity contribution in [2.24, 2.45) is 0 Å². The highest BCUT2D eigenvalue weighted by atomic mass is 32.1. The molecule has 0 aromatic carbocycles. The van der Waals surface area contributed by atoms with Gasteiger partial charge < -0.3 is 5.11 Å². The minimum Gasteiger partial charge on any atom is -0.393 e. The van der Waals surface area contributed by atoms with Crippen molar-refractivity contribution in [3.05, 3.63) is 22.4 Å². The first-order valence-corrected chi connectivity index (χ1v) is 6.59. The van der Waals surface area contributed by atoms with Gasteiger partial charge in [-0.25, -0.2) is 0 Å². The van der Waals surface area contributed by atoms with Crippen LogP contribution in [0.15, 0.2) is 16.8 Å². The van der Waals surface area contributed by atoms with Crippen LogP contribution in [0.2, 0.25) is 0 Å². The Morgan fingerprint density at radius 1 is 1.40 bits per heavy atom. The van der Waals surface area contributed by atoms with Crippen molar-refractivity contribution in [1.29, 1.82) is 0 Å². The van der Waals surface area contributed by atoms with Gasteiger partial charge in [-0.1, -0.05) is 0 Å². The van der Waals surface area contributed by atoms with Crippen LogP contribution in [0, 0.1) is 0 Å². The van der Waals surface area contributed by atoms with Gasteiger partial charge in [-0.3, -0.25) is 4.90 Å². The van der Waals surface area contributed by atoms with Gasteiger partial charge in [0.15, 0.2) is 0 Å². The van der Waals surface area contributed by atoms with Crippen LogP contribution in [0.4, 0.5) is 0 Å². The van der Waals surface area contributed by atoms with Gasteiger partial charge in [0.1, 0.15) is 0 Å². The Labute approximate surface area is 95.5 Å². The molecule has 1 aromatic heterocycles. The highest BCUT2D eigenvalue weighted by Gasteiger charge is 2.22. The van der Waals surface area contributed by atoms with Crippen LogP contribution in [-0.4, -0.2) is 29.2 Å². The fourth-order valence-corrected chi connectivity index (χ4v) is 2.96. The average molecular weight is 225 g/mol. The van der Waals surface area contributed by atoms with Gasteiger partial charge in [-0.05, 0) is 55.1 Å². The van der Waals surface area contributed by atoms with Crippen molar-refractivity contribution in [2.75, 3.05) is 7.05 Å². The molecule has 0 amide bonds. The van der Waals surface area contributed by atoms with Gasteiger partial charge in [0.25, 0.3) is 0 Å². The van der Waals surface area contributed by atoms with E-state index < -0.39 is 0 Å². The fraction of sp³-hybridized carbons (Fsp3) is 0.667. The lowest BCUT2D eigenvalue weighted by atomic mass is 9.92. The minimum atomic E-state index is -0.0456. The molecule has 1 saturated carbocycles. The number of thiophene rings is 1. The summed E-state index contributed by atoms with van der Waals surface area (Å²) in [4.78, 5) is 2.42. The molecule has 0 bridgehead atoms. The molecule has 0 atom stereocenters. The number of hydrogen-bond acceptors (Lipinski definition) is 3. The van der Waals surface area contributed by atoms with E-state index in [-0.39, 0.29) is 6.10 Å². The zero-order chi connectivity index (χ0) is 10.7. The Kier molecular flexibility index (Phi) is 3.78. The minimum absolute atomic E-state index is 0.0456. The summed E-state index contributed by atoms with van der Waals surface area (Å²) in [6, 6.07) is 2.85. The number of aliphatic hydroxyl groups excluding tert-OH is 1. The second-order valence-electron chi connectivity index (χ2n) is 4.51. The van der Waals surface area contributed by atoms with Crippen LogP contribution in [0.25, 0.3) is 0 Å². The quantitative estimate of drug-likeness (QED) is 0.854. The summed E-state index contributed by atoms with van der Waals surface area (Å²) in [6.07, 6.45) is 4.18. The standard InChI is InChI=1S/C12H19NOS/c1-13(8-10-6-7-15-9-10)11-2-4-12(14)5-3-11/h6-7,9,11-12,14H,2-5,8H2,1H3. The Morgan fingerprint density at radius 2 is 2.13 bits per heavy atom. The molecule has 1 N–H and O–H groups in total. The summed E-state index contributed by atoms with van der Waals surface area (Å²) < 4.78 is 0. The zero-order valence-electron chi connectivity index (χ0n) is 9.22. The number of hydrogen-bond donors (Lipinski definition) is 1. The van der Waals surface area contributed by atoms with Crippen LogP contribution in [-0.2, 0) is 6.54 Å². The van der Waals surface area contributed by atoms with E-state index in [0.717, 1.165) is 32.2 Å². The van der Waals surface area contributed by atoms with Crippen molar-refractivity contribution < 1.29 is 5.11 Å². The number of rotatable bonds is 3. The smallest absolute Gasteiger partial charge is 0.0541 e. The third kappa shape index (κ3) is 3.03. The van der Waals surface area contributed by atoms with Crippen LogP contribution in [0.3, 0.4) is 0 Å². The summed E-state index contributed by atoms with van der Waals surface area (Å²) >= 11 is 1.76. The normalized spacial score (nSPS) is 27.1. The van der Waals surface area contributed by atoms with Gasteiger partial charge in [0.05, 0.1) is 6.10 Å². The average Bonchev–Trinajstić information content (AvgIpc) is 2.71. The molecule has 0 unspecified atom stereocenters. The monoisotopic (exact) mass is 225 g/mol. The Bertz CT molecular complexity index is 278. The predicted octanol–water partition coefficient (Wildman–Crippen LogP) is 2.48. The second-order valence-corrected chi connectivity index (χ2v) is 5.29. The maximum atomic E-state index is 9.45. The third-order valence-corrected chi connectivity index (χ3v) is 4.03. The van der Waals surface area contributed by atoms with Gasteiger partial charge >= 0.3 is 0 Å². The molecule has 0 radical (unpaired) electrons. The molecule has 15 heavy (non-hydrogen) atoms. The molecule has 1 aliphatic rings. The molecule has 0 spiro atoms. The maximum Gasteiger partial charge on any atom is 0.0541 e. The molecular formula is C12H19NOS. The van der Waals surface area contributed by atoms with E-state index in [1.54, 1.807) is 11.3 Å². The Morgan fingerprint density at radius 3 is 2.73 bits per heavy atom. The molecule has 0 saturated heterocycles. The molecule has 2 nitrogen and oxygen atoms in total. The van der Waals surface area contributed by atoms with E-state index in [1.807, 2.05) is 0 Å². The lowest BCUT2D eigenvalue weighted by molar-refractivity contribution is 0.0818. The van der Waals surface area contributed by atoms with E-state index in [4.69, 9.17) is 0 Å². The molecule has 1 aliphatic carbocycles. The van der Waals surface area contributed by atoms with Crippen LogP contribution in [0.5, 0.6) is 0 Å². The van der Waals surface area contributed by atoms with Gasteiger partial charge in [0, 0.05) is 12.6 Å². The predicted molar refractivity (Wildman–Crippen MR) is 64.0 cm³/mol.